The molecule has 13 heavy (non-hydrogen) atoms. The number of rotatable bonds is 0. The molecular formula is C11H14BrN. The first-order valence-corrected chi connectivity index (χ1v) is 5.49. The van der Waals surface area contributed by atoms with E-state index in [9.17, 15) is 0 Å². The van der Waals surface area contributed by atoms with Gasteiger partial charge in [-0.15, -0.1) is 0 Å². The number of aryl methyl sites for hydroxylation is 1. The van der Waals surface area contributed by atoms with E-state index in [4.69, 9.17) is 0 Å². The molecule has 0 aliphatic carbocycles. The highest BCUT2D eigenvalue weighted by molar-refractivity contribution is 9.10. The van der Waals surface area contributed by atoms with Crippen LogP contribution in [0.1, 0.15) is 18.9 Å². The molecule has 1 atom stereocenters. The Bertz CT molecular complexity index is 322. The summed E-state index contributed by atoms with van der Waals surface area (Å²) in [5.74, 6) is 0. The summed E-state index contributed by atoms with van der Waals surface area (Å²) >= 11 is 3.51. The third-order valence-electron chi connectivity index (χ3n) is 2.91. The van der Waals surface area contributed by atoms with Gasteiger partial charge in [-0.3, -0.25) is 0 Å². The number of hydrogen-bond donors (Lipinski definition) is 0. The van der Waals surface area contributed by atoms with Crippen LogP contribution < -0.4 is 4.90 Å². The van der Waals surface area contributed by atoms with Crippen molar-refractivity contribution in [2.24, 2.45) is 0 Å². The van der Waals surface area contributed by atoms with Crippen molar-refractivity contribution in [3.8, 4) is 0 Å². The third-order valence-corrected chi connectivity index (χ3v) is 3.41. The SMILES string of the molecule is CC1CCc2cc(Br)ccc2N1C. The van der Waals surface area contributed by atoms with Crippen LogP contribution >= 0.6 is 15.9 Å². The lowest BCUT2D eigenvalue weighted by molar-refractivity contribution is 0.598. The molecule has 0 radical (unpaired) electrons. The molecule has 1 aliphatic heterocycles. The summed E-state index contributed by atoms with van der Waals surface area (Å²) in [6.07, 6.45) is 2.47. The van der Waals surface area contributed by atoms with Crippen LogP contribution in [0.15, 0.2) is 22.7 Å². The molecule has 0 aromatic heterocycles. The quantitative estimate of drug-likeness (QED) is 0.673. The predicted molar refractivity (Wildman–Crippen MR) is 60.3 cm³/mol. The van der Waals surface area contributed by atoms with E-state index in [2.05, 4.69) is 53.0 Å². The second-order valence-electron chi connectivity index (χ2n) is 3.77. The topological polar surface area (TPSA) is 3.24 Å². The van der Waals surface area contributed by atoms with E-state index >= 15 is 0 Å². The Hall–Kier alpha value is -0.500. The van der Waals surface area contributed by atoms with Crippen LogP contribution in [0.3, 0.4) is 0 Å². The molecule has 0 saturated carbocycles. The summed E-state index contributed by atoms with van der Waals surface area (Å²) in [4.78, 5) is 2.37. The van der Waals surface area contributed by atoms with Crippen molar-refractivity contribution in [3.05, 3.63) is 28.2 Å². The lowest BCUT2D eigenvalue weighted by atomic mass is 9.97. The number of nitrogens with zero attached hydrogens (tertiary/aromatic N) is 1. The molecule has 1 unspecified atom stereocenters. The van der Waals surface area contributed by atoms with Crippen molar-refractivity contribution in [2.75, 3.05) is 11.9 Å². The van der Waals surface area contributed by atoms with E-state index in [0.717, 1.165) is 0 Å². The first kappa shape index (κ1) is 9.07. The van der Waals surface area contributed by atoms with Crippen molar-refractivity contribution in [1.82, 2.24) is 0 Å². The third kappa shape index (κ3) is 1.60. The monoisotopic (exact) mass is 239 g/mol. The van der Waals surface area contributed by atoms with Crippen molar-refractivity contribution in [2.45, 2.75) is 25.8 Å². The normalized spacial score (nSPS) is 21.5. The van der Waals surface area contributed by atoms with Crippen LogP contribution in [0, 0.1) is 0 Å². The zero-order valence-corrected chi connectivity index (χ0v) is 9.63. The van der Waals surface area contributed by atoms with Crippen LogP contribution in [0.4, 0.5) is 5.69 Å². The molecule has 1 aromatic carbocycles. The molecule has 0 N–H and O–H groups in total. The van der Waals surface area contributed by atoms with Gasteiger partial charge in [0.05, 0.1) is 0 Å². The van der Waals surface area contributed by atoms with Gasteiger partial charge in [0.1, 0.15) is 0 Å². The molecule has 0 spiro atoms. The average Bonchev–Trinajstić information content (AvgIpc) is 2.12. The van der Waals surface area contributed by atoms with E-state index in [0.29, 0.717) is 6.04 Å². The van der Waals surface area contributed by atoms with Gasteiger partial charge in [0, 0.05) is 23.2 Å². The second kappa shape index (κ2) is 3.33. The summed E-state index contributed by atoms with van der Waals surface area (Å²) in [5.41, 5.74) is 2.86. The fraction of sp³-hybridized carbons (Fsp3) is 0.455. The number of anilines is 1. The van der Waals surface area contributed by atoms with Gasteiger partial charge in [-0.1, -0.05) is 15.9 Å². The zero-order chi connectivity index (χ0) is 9.42. The molecule has 2 rings (SSSR count). The van der Waals surface area contributed by atoms with E-state index in [1.807, 2.05) is 0 Å². The van der Waals surface area contributed by atoms with E-state index in [1.54, 1.807) is 0 Å². The maximum absolute atomic E-state index is 3.51. The minimum atomic E-state index is 0.675. The van der Waals surface area contributed by atoms with E-state index in [1.165, 1.54) is 28.6 Å². The van der Waals surface area contributed by atoms with Crippen LogP contribution in [0.5, 0.6) is 0 Å². The van der Waals surface area contributed by atoms with Gasteiger partial charge in [-0.2, -0.15) is 0 Å². The molecule has 1 aliphatic rings. The molecule has 2 heteroatoms. The molecule has 1 nitrogen and oxygen atoms in total. The number of fused-ring (bicyclic) bond motifs is 1. The van der Waals surface area contributed by atoms with Crippen molar-refractivity contribution in [3.63, 3.8) is 0 Å². The highest BCUT2D eigenvalue weighted by Crippen LogP contribution is 2.31. The highest BCUT2D eigenvalue weighted by atomic mass is 79.9. The summed E-state index contributed by atoms with van der Waals surface area (Å²) in [5, 5.41) is 0. The van der Waals surface area contributed by atoms with Gasteiger partial charge in [-0.05, 0) is 43.5 Å². The van der Waals surface area contributed by atoms with E-state index in [-0.39, 0.29) is 0 Å². The Labute approximate surface area is 87.9 Å². The fourth-order valence-corrected chi connectivity index (χ4v) is 2.30. The van der Waals surface area contributed by atoms with Crippen LogP contribution in [-0.2, 0) is 6.42 Å². The van der Waals surface area contributed by atoms with Crippen molar-refractivity contribution in [1.29, 1.82) is 0 Å². The second-order valence-corrected chi connectivity index (χ2v) is 4.69. The minimum Gasteiger partial charge on any atom is -0.372 e. The molecule has 1 heterocycles. The lowest BCUT2D eigenvalue weighted by Gasteiger charge is -2.33. The van der Waals surface area contributed by atoms with Gasteiger partial charge in [0.25, 0.3) is 0 Å². The number of hydrogen-bond acceptors (Lipinski definition) is 1. The van der Waals surface area contributed by atoms with Gasteiger partial charge in [-0.25, -0.2) is 0 Å². The molecule has 70 valence electrons. The Morgan fingerprint density at radius 3 is 3.00 bits per heavy atom. The Kier molecular flexibility index (Phi) is 2.33. The van der Waals surface area contributed by atoms with E-state index < -0.39 is 0 Å². The Morgan fingerprint density at radius 1 is 1.46 bits per heavy atom. The molecule has 0 fully saturated rings. The average molecular weight is 240 g/mol. The number of halogens is 1. The first-order chi connectivity index (χ1) is 6.18. The zero-order valence-electron chi connectivity index (χ0n) is 8.05. The fourth-order valence-electron chi connectivity index (χ4n) is 1.89. The molecule has 0 bridgehead atoms. The molecule has 1 aromatic rings. The molecule has 0 amide bonds. The highest BCUT2D eigenvalue weighted by Gasteiger charge is 2.19. The largest absolute Gasteiger partial charge is 0.372 e. The maximum atomic E-state index is 3.51. The number of benzene rings is 1. The summed E-state index contributed by atoms with van der Waals surface area (Å²) in [6.45, 7) is 2.28. The Morgan fingerprint density at radius 2 is 2.23 bits per heavy atom. The van der Waals surface area contributed by atoms with Crippen LogP contribution in [0.2, 0.25) is 0 Å². The van der Waals surface area contributed by atoms with Crippen molar-refractivity contribution >= 4 is 21.6 Å². The minimum absolute atomic E-state index is 0.675. The first-order valence-electron chi connectivity index (χ1n) is 4.70. The van der Waals surface area contributed by atoms with Gasteiger partial charge in [0.2, 0.25) is 0 Å². The summed E-state index contributed by atoms with van der Waals surface area (Å²) in [7, 11) is 2.18. The van der Waals surface area contributed by atoms with Crippen LogP contribution in [-0.4, -0.2) is 13.1 Å². The Balaban J connectivity index is 2.44. The summed E-state index contributed by atoms with van der Waals surface area (Å²) < 4.78 is 1.19. The molecule has 0 saturated heterocycles. The lowest BCUT2D eigenvalue weighted by Crippen LogP contribution is -2.33. The molecular weight excluding hydrogens is 226 g/mol. The van der Waals surface area contributed by atoms with Crippen LogP contribution in [0.25, 0.3) is 0 Å². The summed E-state index contributed by atoms with van der Waals surface area (Å²) in [6, 6.07) is 7.23. The van der Waals surface area contributed by atoms with Crippen molar-refractivity contribution < 1.29 is 0 Å². The smallest absolute Gasteiger partial charge is 0.0399 e. The standard InChI is InChI=1S/C11H14BrN/c1-8-3-4-9-7-10(12)5-6-11(9)13(8)2/h5-8H,3-4H2,1-2H3. The van der Waals surface area contributed by atoms with Gasteiger partial charge in [0.15, 0.2) is 0 Å². The van der Waals surface area contributed by atoms with Gasteiger partial charge < -0.3 is 4.90 Å². The maximum Gasteiger partial charge on any atom is 0.0399 e. The van der Waals surface area contributed by atoms with Gasteiger partial charge >= 0.3 is 0 Å². The predicted octanol–water partition coefficient (Wildman–Crippen LogP) is 3.22.